The van der Waals surface area contributed by atoms with Crippen LogP contribution in [-0.4, -0.2) is 39.4 Å². The third-order valence-corrected chi connectivity index (χ3v) is 6.35. The highest BCUT2D eigenvalue weighted by Gasteiger charge is 2.48. The molecule has 0 unspecified atom stereocenters. The summed E-state index contributed by atoms with van der Waals surface area (Å²) in [5.41, 5.74) is 2.20. The summed E-state index contributed by atoms with van der Waals surface area (Å²) in [4.78, 5) is 42.5. The lowest BCUT2D eigenvalue weighted by molar-refractivity contribution is -0.117. The first-order chi connectivity index (χ1) is 15.4. The summed E-state index contributed by atoms with van der Waals surface area (Å²) >= 11 is 1.33. The average Bonchev–Trinajstić information content (AvgIpc) is 3.32. The number of fused-ring (bicyclic) bond motifs is 5. The molecule has 0 spiro atoms. The summed E-state index contributed by atoms with van der Waals surface area (Å²) in [5.74, 6) is -0.428. The van der Waals surface area contributed by atoms with E-state index in [1.54, 1.807) is 41.3 Å². The van der Waals surface area contributed by atoms with E-state index in [1.165, 1.54) is 16.2 Å². The lowest BCUT2D eigenvalue weighted by atomic mass is 10.0. The molecule has 0 aliphatic carbocycles. The second-order valence-electron chi connectivity index (χ2n) is 8.23. The normalized spacial score (nSPS) is 16.8. The third kappa shape index (κ3) is 3.34. The number of aromatic nitrogens is 2. The predicted octanol–water partition coefficient (Wildman–Crippen LogP) is 3.49. The van der Waals surface area contributed by atoms with Crippen molar-refractivity contribution in [1.29, 1.82) is 0 Å². The van der Waals surface area contributed by atoms with Gasteiger partial charge >= 0.3 is 0 Å². The van der Waals surface area contributed by atoms with Gasteiger partial charge in [-0.3, -0.25) is 24.6 Å². The summed E-state index contributed by atoms with van der Waals surface area (Å²) < 4.78 is 0. The molecule has 1 atom stereocenters. The van der Waals surface area contributed by atoms with E-state index in [1.807, 2.05) is 12.1 Å². The summed E-state index contributed by atoms with van der Waals surface area (Å²) in [6, 6.07) is 14.2. The van der Waals surface area contributed by atoms with Crippen molar-refractivity contribution in [3.63, 3.8) is 0 Å². The molecule has 0 saturated heterocycles. The van der Waals surface area contributed by atoms with Gasteiger partial charge in [0.2, 0.25) is 11.0 Å². The first-order valence-corrected chi connectivity index (χ1v) is 11.2. The molecule has 8 nitrogen and oxygen atoms in total. The van der Waals surface area contributed by atoms with E-state index in [0.717, 1.165) is 11.4 Å². The van der Waals surface area contributed by atoms with Gasteiger partial charge in [0.25, 0.3) is 11.8 Å². The number of hydrogen-bond acceptors (Lipinski definition) is 6. The molecule has 5 rings (SSSR count). The fourth-order valence-electron chi connectivity index (χ4n) is 4.18. The smallest absolute Gasteiger partial charge is 0.260 e. The Hall–Kier alpha value is -3.59. The van der Waals surface area contributed by atoms with Crippen molar-refractivity contribution in [1.82, 2.24) is 15.1 Å². The molecule has 162 valence electrons. The number of nitrogens with one attached hydrogen (secondary N) is 1. The zero-order valence-electron chi connectivity index (χ0n) is 17.6. The minimum absolute atomic E-state index is 0.182. The van der Waals surface area contributed by atoms with E-state index in [9.17, 15) is 14.4 Å². The van der Waals surface area contributed by atoms with Crippen molar-refractivity contribution in [2.75, 3.05) is 16.8 Å². The van der Waals surface area contributed by atoms with E-state index < -0.39 is 6.17 Å². The Labute approximate surface area is 188 Å². The van der Waals surface area contributed by atoms with Gasteiger partial charge in [0.05, 0.1) is 11.3 Å². The zero-order chi connectivity index (χ0) is 22.4. The second-order valence-corrected chi connectivity index (χ2v) is 9.30. The lowest BCUT2D eigenvalue weighted by Gasteiger charge is -2.40. The molecule has 3 heterocycles. The van der Waals surface area contributed by atoms with E-state index >= 15 is 0 Å². The summed E-state index contributed by atoms with van der Waals surface area (Å²) in [6.45, 7) is 3.97. The molecule has 0 radical (unpaired) electrons. The highest BCUT2D eigenvalue weighted by Crippen LogP contribution is 2.44. The number of nitrogens with zero attached hydrogens (tertiary/aromatic N) is 4. The molecule has 0 saturated carbocycles. The first kappa shape index (κ1) is 20.3. The Balaban J connectivity index is 1.45. The molecule has 3 amide bonds. The van der Waals surface area contributed by atoms with E-state index in [0.29, 0.717) is 33.4 Å². The number of amides is 3. The van der Waals surface area contributed by atoms with Crippen LogP contribution in [0.3, 0.4) is 0 Å². The van der Waals surface area contributed by atoms with Crippen molar-refractivity contribution in [2.45, 2.75) is 26.4 Å². The van der Waals surface area contributed by atoms with Crippen LogP contribution < -0.4 is 10.2 Å². The maximum atomic E-state index is 13.4. The maximum absolute atomic E-state index is 13.4. The minimum atomic E-state index is -0.669. The molecule has 1 aromatic heterocycles. The zero-order valence-corrected chi connectivity index (χ0v) is 18.4. The molecular weight excluding hydrogens is 426 g/mol. The van der Waals surface area contributed by atoms with Gasteiger partial charge in [0, 0.05) is 17.5 Å². The molecule has 2 aliphatic rings. The summed E-state index contributed by atoms with van der Waals surface area (Å²) in [5, 5.41) is 12.2. The molecule has 32 heavy (non-hydrogen) atoms. The Bertz CT molecular complexity index is 1240. The van der Waals surface area contributed by atoms with E-state index in [4.69, 9.17) is 0 Å². The molecular formula is C23H21N5O3S. The highest BCUT2D eigenvalue weighted by atomic mass is 32.1. The fourth-order valence-corrected chi connectivity index (χ4v) is 5.15. The first-order valence-electron chi connectivity index (χ1n) is 10.4. The van der Waals surface area contributed by atoms with Crippen LogP contribution in [0.5, 0.6) is 0 Å². The van der Waals surface area contributed by atoms with Crippen LogP contribution in [-0.2, 0) is 11.2 Å². The molecule has 3 aromatic rings. The van der Waals surface area contributed by atoms with Gasteiger partial charge in [-0.25, -0.2) is 0 Å². The van der Waals surface area contributed by atoms with Crippen molar-refractivity contribution < 1.29 is 14.4 Å². The van der Waals surface area contributed by atoms with Crippen LogP contribution in [0, 0.1) is 5.92 Å². The van der Waals surface area contributed by atoms with Gasteiger partial charge in [-0.05, 0) is 24.1 Å². The van der Waals surface area contributed by atoms with Gasteiger partial charge in [-0.2, -0.15) is 0 Å². The Morgan fingerprint density at radius 3 is 2.53 bits per heavy atom. The van der Waals surface area contributed by atoms with E-state index in [-0.39, 0.29) is 24.3 Å². The number of carbonyl (C=O) groups excluding carboxylic acids is 3. The molecule has 0 bridgehead atoms. The second kappa shape index (κ2) is 7.83. The van der Waals surface area contributed by atoms with Crippen LogP contribution in [0.25, 0.3) is 0 Å². The standard InChI is InChI=1S/C23H21N5O3S/c1-13(2)11-19-25-26-23(32-19)24-18(29)12-27-20-14-7-3-4-8-15(14)22(31)28(20)17-10-6-5-9-16(17)21(27)30/h3-10,13,20H,11-12H2,1-2H3,(H,24,26,29)/t20-/m0/s1. The molecule has 2 aromatic carbocycles. The van der Waals surface area contributed by atoms with Crippen LogP contribution in [0.2, 0.25) is 0 Å². The fraction of sp³-hybridized carbons (Fsp3) is 0.261. The van der Waals surface area contributed by atoms with E-state index in [2.05, 4.69) is 29.4 Å². The van der Waals surface area contributed by atoms with Crippen molar-refractivity contribution in [2.24, 2.45) is 5.92 Å². The Kier molecular flexibility index (Phi) is 4.97. The summed E-state index contributed by atoms with van der Waals surface area (Å²) in [7, 11) is 0. The average molecular weight is 448 g/mol. The summed E-state index contributed by atoms with van der Waals surface area (Å²) in [6.07, 6.45) is 0.114. The van der Waals surface area contributed by atoms with Crippen LogP contribution in [0.1, 0.15) is 51.3 Å². The molecule has 1 N–H and O–H groups in total. The Morgan fingerprint density at radius 2 is 1.75 bits per heavy atom. The number of carbonyl (C=O) groups is 3. The van der Waals surface area contributed by atoms with Gasteiger partial charge in [0.15, 0.2) is 0 Å². The van der Waals surface area contributed by atoms with Crippen molar-refractivity contribution >= 4 is 39.9 Å². The Morgan fingerprint density at radius 1 is 1.03 bits per heavy atom. The number of hydrogen-bond donors (Lipinski definition) is 1. The quantitative estimate of drug-likeness (QED) is 0.646. The highest BCUT2D eigenvalue weighted by molar-refractivity contribution is 7.15. The molecule has 2 aliphatic heterocycles. The lowest BCUT2D eigenvalue weighted by Crippen LogP contribution is -2.50. The number of para-hydroxylation sites is 1. The van der Waals surface area contributed by atoms with Crippen molar-refractivity contribution in [3.05, 3.63) is 70.2 Å². The number of benzene rings is 2. The van der Waals surface area contributed by atoms with Crippen LogP contribution >= 0.6 is 11.3 Å². The number of rotatable bonds is 5. The topological polar surface area (TPSA) is 95.5 Å². The van der Waals surface area contributed by atoms with Gasteiger partial charge in [-0.1, -0.05) is 55.5 Å². The predicted molar refractivity (Wildman–Crippen MR) is 121 cm³/mol. The largest absolute Gasteiger partial charge is 0.304 e. The van der Waals surface area contributed by atoms with Crippen LogP contribution in [0.4, 0.5) is 10.8 Å². The van der Waals surface area contributed by atoms with Gasteiger partial charge in [0.1, 0.15) is 17.7 Å². The SMILES string of the molecule is CC(C)Cc1nnc(NC(=O)CN2C(=O)c3ccccc3N3C(=O)c4ccccc4[C@@H]23)s1. The third-order valence-electron chi connectivity index (χ3n) is 5.49. The van der Waals surface area contributed by atoms with Crippen molar-refractivity contribution in [3.8, 4) is 0 Å². The number of anilines is 2. The van der Waals surface area contributed by atoms with Gasteiger partial charge < -0.3 is 4.90 Å². The maximum Gasteiger partial charge on any atom is 0.260 e. The minimum Gasteiger partial charge on any atom is -0.304 e. The van der Waals surface area contributed by atoms with Gasteiger partial charge in [-0.15, -0.1) is 10.2 Å². The molecule has 9 heteroatoms. The van der Waals surface area contributed by atoms with Crippen LogP contribution in [0.15, 0.2) is 48.5 Å². The molecule has 0 fully saturated rings. The monoisotopic (exact) mass is 447 g/mol.